The number of benzene rings is 1. The molecule has 88 valence electrons. The van der Waals surface area contributed by atoms with Gasteiger partial charge >= 0.3 is 0 Å². The first-order valence-corrected chi connectivity index (χ1v) is 5.25. The van der Waals surface area contributed by atoms with Crippen LogP contribution in [-0.4, -0.2) is 10.1 Å². The maximum atomic E-state index is 13.4. The number of ether oxygens (including phenoxy) is 1. The van der Waals surface area contributed by atoms with Gasteiger partial charge in [0.1, 0.15) is 17.3 Å². The summed E-state index contributed by atoms with van der Waals surface area (Å²) in [6.07, 6.45) is 2.92. The molecule has 3 nitrogen and oxygen atoms in total. The van der Waals surface area contributed by atoms with Crippen LogP contribution in [0.2, 0.25) is 5.02 Å². The lowest BCUT2D eigenvalue weighted by Crippen LogP contribution is -1.95. The SMILES string of the molecule is OCc1c(F)cccc1Oc1cncc(Cl)c1. The fraction of sp³-hybridized carbons (Fsp3) is 0.0833. The second kappa shape index (κ2) is 5.12. The zero-order valence-electron chi connectivity index (χ0n) is 8.73. The summed E-state index contributed by atoms with van der Waals surface area (Å²) in [5.74, 6) is 0.120. The van der Waals surface area contributed by atoms with Crippen LogP contribution in [0.15, 0.2) is 36.7 Å². The number of aliphatic hydroxyl groups excluding tert-OH is 1. The molecule has 0 atom stereocenters. The Morgan fingerprint density at radius 2 is 2.18 bits per heavy atom. The van der Waals surface area contributed by atoms with Crippen molar-refractivity contribution < 1.29 is 14.2 Å². The van der Waals surface area contributed by atoms with E-state index in [-0.39, 0.29) is 11.3 Å². The maximum Gasteiger partial charge on any atom is 0.147 e. The maximum absolute atomic E-state index is 13.4. The van der Waals surface area contributed by atoms with Crippen LogP contribution in [0.25, 0.3) is 0 Å². The van der Waals surface area contributed by atoms with Crippen molar-refractivity contribution in [2.75, 3.05) is 0 Å². The minimum atomic E-state index is -0.514. The van der Waals surface area contributed by atoms with Gasteiger partial charge < -0.3 is 9.84 Å². The van der Waals surface area contributed by atoms with Gasteiger partial charge in [-0.1, -0.05) is 17.7 Å². The molecule has 2 rings (SSSR count). The summed E-state index contributed by atoms with van der Waals surface area (Å²) in [6.45, 7) is -0.435. The molecule has 1 N–H and O–H groups in total. The van der Waals surface area contributed by atoms with Gasteiger partial charge in [0.15, 0.2) is 0 Å². The lowest BCUT2D eigenvalue weighted by Gasteiger charge is -2.09. The zero-order chi connectivity index (χ0) is 12.3. The molecular formula is C12H9ClFNO2. The normalized spacial score (nSPS) is 10.3. The van der Waals surface area contributed by atoms with Crippen molar-refractivity contribution in [3.8, 4) is 11.5 Å². The molecule has 0 bridgehead atoms. The average molecular weight is 254 g/mol. The van der Waals surface area contributed by atoms with Crippen molar-refractivity contribution in [2.45, 2.75) is 6.61 Å². The Hall–Kier alpha value is -1.65. The van der Waals surface area contributed by atoms with Gasteiger partial charge in [-0.25, -0.2) is 4.39 Å². The number of aromatic nitrogens is 1. The molecule has 0 aliphatic carbocycles. The van der Waals surface area contributed by atoms with Crippen molar-refractivity contribution >= 4 is 11.6 Å². The summed E-state index contributed by atoms with van der Waals surface area (Å²) in [5.41, 5.74) is 0.104. The van der Waals surface area contributed by atoms with Gasteiger partial charge in [-0.3, -0.25) is 4.98 Å². The summed E-state index contributed by atoms with van der Waals surface area (Å²) >= 11 is 5.75. The predicted octanol–water partition coefficient (Wildman–Crippen LogP) is 3.16. The van der Waals surface area contributed by atoms with Gasteiger partial charge in [-0.15, -0.1) is 0 Å². The molecular weight excluding hydrogens is 245 g/mol. The van der Waals surface area contributed by atoms with E-state index in [2.05, 4.69) is 4.98 Å². The van der Waals surface area contributed by atoms with Crippen molar-refractivity contribution in [1.82, 2.24) is 4.98 Å². The Morgan fingerprint density at radius 1 is 1.35 bits per heavy atom. The highest BCUT2D eigenvalue weighted by Crippen LogP contribution is 2.27. The van der Waals surface area contributed by atoms with Gasteiger partial charge in [-0.05, 0) is 12.1 Å². The Kier molecular flexibility index (Phi) is 3.56. The third-order valence-electron chi connectivity index (χ3n) is 2.14. The minimum absolute atomic E-state index is 0.104. The number of hydrogen-bond donors (Lipinski definition) is 1. The van der Waals surface area contributed by atoms with Crippen LogP contribution in [0.1, 0.15) is 5.56 Å². The topological polar surface area (TPSA) is 42.4 Å². The number of pyridine rings is 1. The largest absolute Gasteiger partial charge is 0.455 e. The molecule has 0 amide bonds. The summed E-state index contributed by atoms with van der Waals surface area (Å²) in [7, 11) is 0. The molecule has 1 aromatic carbocycles. The molecule has 0 fully saturated rings. The van der Waals surface area contributed by atoms with E-state index in [4.69, 9.17) is 21.4 Å². The Labute approximate surface area is 102 Å². The first-order chi connectivity index (χ1) is 8.20. The van der Waals surface area contributed by atoms with E-state index >= 15 is 0 Å². The van der Waals surface area contributed by atoms with E-state index in [1.54, 1.807) is 12.1 Å². The molecule has 0 unspecified atom stereocenters. The van der Waals surface area contributed by atoms with Crippen molar-refractivity contribution in [2.24, 2.45) is 0 Å². The van der Waals surface area contributed by atoms with Crippen LogP contribution in [-0.2, 0) is 6.61 Å². The fourth-order valence-corrected chi connectivity index (χ4v) is 1.53. The summed E-state index contributed by atoms with van der Waals surface area (Å²) < 4.78 is 18.8. The lowest BCUT2D eigenvalue weighted by molar-refractivity contribution is 0.270. The molecule has 1 aromatic heterocycles. The molecule has 17 heavy (non-hydrogen) atoms. The fourth-order valence-electron chi connectivity index (χ4n) is 1.36. The predicted molar refractivity (Wildman–Crippen MR) is 61.6 cm³/mol. The number of halogens is 2. The molecule has 0 saturated carbocycles. The first kappa shape index (κ1) is 11.8. The van der Waals surface area contributed by atoms with E-state index in [1.807, 2.05) is 0 Å². The van der Waals surface area contributed by atoms with Crippen LogP contribution in [0.4, 0.5) is 4.39 Å². The van der Waals surface area contributed by atoms with Gasteiger partial charge in [0.05, 0.1) is 23.4 Å². The summed E-state index contributed by atoms with van der Waals surface area (Å²) in [5, 5.41) is 9.49. The number of aliphatic hydroxyl groups is 1. The van der Waals surface area contributed by atoms with Crippen molar-refractivity contribution in [3.05, 3.63) is 53.1 Å². The third kappa shape index (κ3) is 2.72. The van der Waals surface area contributed by atoms with E-state index in [0.717, 1.165) is 0 Å². The Balaban J connectivity index is 2.33. The lowest BCUT2D eigenvalue weighted by atomic mass is 10.2. The highest BCUT2D eigenvalue weighted by atomic mass is 35.5. The molecule has 5 heteroatoms. The van der Waals surface area contributed by atoms with Crippen LogP contribution >= 0.6 is 11.6 Å². The monoisotopic (exact) mass is 253 g/mol. The average Bonchev–Trinajstić information content (AvgIpc) is 2.29. The second-order valence-electron chi connectivity index (χ2n) is 3.32. The van der Waals surface area contributed by atoms with Gasteiger partial charge in [-0.2, -0.15) is 0 Å². The second-order valence-corrected chi connectivity index (χ2v) is 3.75. The van der Waals surface area contributed by atoms with Crippen LogP contribution in [0.3, 0.4) is 0 Å². The van der Waals surface area contributed by atoms with Gasteiger partial charge in [0, 0.05) is 12.3 Å². The summed E-state index contributed by atoms with van der Waals surface area (Å²) in [4.78, 5) is 3.85. The van der Waals surface area contributed by atoms with Crippen molar-refractivity contribution in [1.29, 1.82) is 0 Å². The van der Waals surface area contributed by atoms with Crippen LogP contribution in [0, 0.1) is 5.82 Å². The van der Waals surface area contributed by atoms with Crippen molar-refractivity contribution in [3.63, 3.8) is 0 Å². The molecule has 0 aliphatic heterocycles. The van der Waals surface area contributed by atoms with E-state index in [1.165, 1.54) is 24.5 Å². The molecule has 0 radical (unpaired) electrons. The van der Waals surface area contributed by atoms with E-state index < -0.39 is 12.4 Å². The molecule has 0 spiro atoms. The Bertz CT molecular complexity index is 534. The van der Waals surface area contributed by atoms with Gasteiger partial charge in [0.25, 0.3) is 0 Å². The van der Waals surface area contributed by atoms with E-state index in [0.29, 0.717) is 10.8 Å². The highest BCUT2D eigenvalue weighted by molar-refractivity contribution is 6.30. The zero-order valence-corrected chi connectivity index (χ0v) is 9.49. The molecule has 2 aromatic rings. The standard InChI is InChI=1S/C12H9ClFNO2/c13-8-4-9(6-15-5-8)17-12-3-1-2-11(14)10(12)7-16/h1-6,16H,7H2. The smallest absolute Gasteiger partial charge is 0.147 e. The molecule has 0 saturated heterocycles. The number of nitrogens with zero attached hydrogens (tertiary/aromatic N) is 1. The Morgan fingerprint density at radius 3 is 2.88 bits per heavy atom. The van der Waals surface area contributed by atoms with Crippen LogP contribution in [0.5, 0.6) is 11.5 Å². The first-order valence-electron chi connectivity index (χ1n) is 4.87. The summed E-state index contributed by atoms with van der Waals surface area (Å²) in [6, 6.07) is 5.88. The van der Waals surface area contributed by atoms with Crippen LogP contribution < -0.4 is 4.74 Å². The third-order valence-corrected chi connectivity index (χ3v) is 2.35. The number of hydrogen-bond acceptors (Lipinski definition) is 3. The van der Waals surface area contributed by atoms with Gasteiger partial charge in [0.2, 0.25) is 0 Å². The van der Waals surface area contributed by atoms with E-state index in [9.17, 15) is 4.39 Å². The minimum Gasteiger partial charge on any atom is -0.455 e. The molecule has 1 heterocycles. The molecule has 0 aliphatic rings. The number of rotatable bonds is 3. The quantitative estimate of drug-likeness (QED) is 0.914. The highest BCUT2D eigenvalue weighted by Gasteiger charge is 2.09.